The summed E-state index contributed by atoms with van der Waals surface area (Å²) in [6.45, 7) is 5.87. The third-order valence-electron chi connectivity index (χ3n) is 2.51. The number of carbonyl (C=O) groups is 2. The number of nitrogens with zero attached hydrogens (tertiary/aromatic N) is 2. The van der Waals surface area contributed by atoms with Crippen LogP contribution in [0.1, 0.15) is 31.1 Å². The van der Waals surface area contributed by atoms with Gasteiger partial charge in [-0.2, -0.15) is 0 Å². The topological polar surface area (TPSA) is 62.3 Å². The van der Waals surface area contributed by atoms with Crippen molar-refractivity contribution in [1.82, 2.24) is 15.2 Å². The lowest BCUT2D eigenvalue weighted by molar-refractivity contribution is -0.122. The fourth-order valence-corrected chi connectivity index (χ4v) is 1.96. The van der Waals surface area contributed by atoms with Crippen LogP contribution >= 0.6 is 23.2 Å². The first-order chi connectivity index (χ1) is 9.35. The van der Waals surface area contributed by atoms with Crippen molar-refractivity contribution in [2.24, 2.45) is 0 Å². The standard InChI is InChI=1S/C13H17Cl2N3O2/c1-4-18(7-12(19)17-8(2)3)13(20)9-5-11(15)16-6-10(9)14/h5-6,8H,4,7H2,1-3H3,(H,17,19). The van der Waals surface area contributed by atoms with Crippen molar-refractivity contribution in [2.45, 2.75) is 26.8 Å². The summed E-state index contributed by atoms with van der Waals surface area (Å²) in [4.78, 5) is 29.3. The van der Waals surface area contributed by atoms with E-state index in [-0.39, 0.29) is 40.1 Å². The molecule has 1 aromatic rings. The SMILES string of the molecule is CCN(CC(=O)NC(C)C)C(=O)c1cc(Cl)ncc1Cl. The highest BCUT2D eigenvalue weighted by atomic mass is 35.5. The van der Waals surface area contributed by atoms with Crippen molar-refractivity contribution in [3.05, 3.63) is 28.0 Å². The fraction of sp³-hybridized carbons (Fsp3) is 0.462. The molecule has 1 heterocycles. The lowest BCUT2D eigenvalue weighted by Gasteiger charge is -2.21. The van der Waals surface area contributed by atoms with Gasteiger partial charge in [0.1, 0.15) is 5.15 Å². The van der Waals surface area contributed by atoms with E-state index >= 15 is 0 Å². The lowest BCUT2D eigenvalue weighted by Crippen LogP contribution is -2.42. The Morgan fingerprint density at radius 3 is 2.60 bits per heavy atom. The summed E-state index contributed by atoms with van der Waals surface area (Å²) >= 11 is 11.7. The van der Waals surface area contributed by atoms with E-state index in [0.29, 0.717) is 6.54 Å². The Bertz CT molecular complexity index is 506. The maximum atomic E-state index is 12.3. The summed E-state index contributed by atoms with van der Waals surface area (Å²) in [6.07, 6.45) is 1.32. The molecule has 20 heavy (non-hydrogen) atoms. The van der Waals surface area contributed by atoms with E-state index in [1.807, 2.05) is 13.8 Å². The van der Waals surface area contributed by atoms with Crippen molar-refractivity contribution in [3.8, 4) is 0 Å². The first-order valence-electron chi connectivity index (χ1n) is 6.24. The second-order valence-corrected chi connectivity index (χ2v) is 5.32. The molecule has 0 saturated carbocycles. The second-order valence-electron chi connectivity index (χ2n) is 4.53. The highest BCUT2D eigenvalue weighted by molar-refractivity contribution is 6.35. The van der Waals surface area contributed by atoms with Crippen LogP contribution in [0, 0.1) is 0 Å². The molecule has 5 nitrogen and oxygen atoms in total. The van der Waals surface area contributed by atoms with E-state index in [0.717, 1.165) is 0 Å². The van der Waals surface area contributed by atoms with Gasteiger partial charge in [-0.05, 0) is 26.8 Å². The van der Waals surface area contributed by atoms with Crippen molar-refractivity contribution in [2.75, 3.05) is 13.1 Å². The number of halogens is 2. The largest absolute Gasteiger partial charge is 0.352 e. The molecule has 1 aromatic heterocycles. The predicted molar refractivity (Wildman–Crippen MR) is 79.1 cm³/mol. The van der Waals surface area contributed by atoms with Crippen molar-refractivity contribution >= 4 is 35.0 Å². The number of carbonyl (C=O) groups excluding carboxylic acids is 2. The summed E-state index contributed by atoms with van der Waals surface area (Å²) in [5.74, 6) is -0.563. The summed E-state index contributed by atoms with van der Waals surface area (Å²) < 4.78 is 0. The van der Waals surface area contributed by atoms with Gasteiger partial charge in [0.05, 0.1) is 17.1 Å². The normalized spacial score (nSPS) is 10.5. The van der Waals surface area contributed by atoms with Gasteiger partial charge in [0.15, 0.2) is 0 Å². The van der Waals surface area contributed by atoms with Gasteiger partial charge < -0.3 is 10.2 Å². The summed E-state index contributed by atoms with van der Waals surface area (Å²) in [5, 5.41) is 3.13. The maximum Gasteiger partial charge on any atom is 0.255 e. The monoisotopic (exact) mass is 317 g/mol. The average Bonchev–Trinajstić information content (AvgIpc) is 2.37. The van der Waals surface area contributed by atoms with Gasteiger partial charge in [-0.3, -0.25) is 9.59 Å². The maximum absolute atomic E-state index is 12.3. The second kappa shape index (κ2) is 7.45. The Labute approximate surface area is 128 Å². The molecular weight excluding hydrogens is 301 g/mol. The molecule has 0 aliphatic heterocycles. The van der Waals surface area contributed by atoms with E-state index < -0.39 is 0 Å². The summed E-state index contributed by atoms with van der Waals surface area (Å²) in [7, 11) is 0. The summed E-state index contributed by atoms with van der Waals surface area (Å²) in [5.41, 5.74) is 0.242. The molecule has 2 amide bonds. The highest BCUT2D eigenvalue weighted by Gasteiger charge is 2.20. The molecule has 0 atom stereocenters. The minimum atomic E-state index is -0.347. The first-order valence-corrected chi connectivity index (χ1v) is 7.00. The van der Waals surface area contributed by atoms with E-state index in [9.17, 15) is 9.59 Å². The average molecular weight is 318 g/mol. The number of amides is 2. The van der Waals surface area contributed by atoms with Gasteiger partial charge in [0, 0.05) is 18.8 Å². The number of pyridine rings is 1. The van der Waals surface area contributed by atoms with Crippen molar-refractivity contribution in [3.63, 3.8) is 0 Å². The Morgan fingerprint density at radius 2 is 2.05 bits per heavy atom. The van der Waals surface area contributed by atoms with E-state index in [1.54, 1.807) is 6.92 Å². The van der Waals surface area contributed by atoms with E-state index in [4.69, 9.17) is 23.2 Å². The van der Waals surface area contributed by atoms with Gasteiger partial charge in [-0.15, -0.1) is 0 Å². The third kappa shape index (κ3) is 4.65. The Kier molecular flexibility index (Phi) is 6.23. The molecule has 0 unspecified atom stereocenters. The van der Waals surface area contributed by atoms with Crippen LogP contribution in [0.4, 0.5) is 0 Å². The minimum absolute atomic E-state index is 0.0234. The molecule has 110 valence electrons. The number of hydrogen-bond donors (Lipinski definition) is 1. The third-order valence-corrected chi connectivity index (χ3v) is 3.01. The molecule has 0 fully saturated rings. The molecule has 0 radical (unpaired) electrons. The molecule has 0 aliphatic carbocycles. The van der Waals surface area contributed by atoms with Crippen LogP contribution in [-0.4, -0.2) is 40.8 Å². The highest BCUT2D eigenvalue weighted by Crippen LogP contribution is 2.19. The van der Waals surface area contributed by atoms with Gasteiger partial charge >= 0.3 is 0 Å². The predicted octanol–water partition coefficient (Wildman–Crippen LogP) is 2.38. The Morgan fingerprint density at radius 1 is 1.40 bits per heavy atom. The zero-order valence-corrected chi connectivity index (χ0v) is 13.1. The molecular formula is C13H17Cl2N3O2. The molecule has 0 spiro atoms. The molecule has 0 saturated heterocycles. The van der Waals surface area contributed by atoms with Crippen LogP contribution in [-0.2, 0) is 4.79 Å². The lowest BCUT2D eigenvalue weighted by atomic mass is 10.2. The number of hydrogen-bond acceptors (Lipinski definition) is 3. The van der Waals surface area contributed by atoms with Crippen LogP contribution in [0.5, 0.6) is 0 Å². The van der Waals surface area contributed by atoms with Gasteiger partial charge in [0.2, 0.25) is 5.91 Å². The van der Waals surface area contributed by atoms with Gasteiger partial charge in [-0.1, -0.05) is 23.2 Å². The molecule has 1 N–H and O–H groups in total. The van der Waals surface area contributed by atoms with Gasteiger partial charge in [-0.25, -0.2) is 4.98 Å². The minimum Gasteiger partial charge on any atom is -0.352 e. The quantitative estimate of drug-likeness (QED) is 0.848. The first kappa shape index (κ1) is 16.7. The Hall–Kier alpha value is -1.33. The molecule has 7 heteroatoms. The van der Waals surface area contributed by atoms with Crippen molar-refractivity contribution in [1.29, 1.82) is 0 Å². The molecule has 0 aromatic carbocycles. The van der Waals surface area contributed by atoms with Crippen LogP contribution in [0.2, 0.25) is 10.2 Å². The van der Waals surface area contributed by atoms with Crippen LogP contribution in [0.25, 0.3) is 0 Å². The van der Waals surface area contributed by atoms with E-state index in [2.05, 4.69) is 10.3 Å². The van der Waals surface area contributed by atoms with Gasteiger partial charge in [0.25, 0.3) is 5.91 Å². The van der Waals surface area contributed by atoms with Crippen LogP contribution in [0.15, 0.2) is 12.3 Å². The smallest absolute Gasteiger partial charge is 0.255 e. The number of rotatable bonds is 5. The molecule has 1 rings (SSSR count). The number of nitrogens with one attached hydrogen (secondary N) is 1. The van der Waals surface area contributed by atoms with Crippen LogP contribution in [0.3, 0.4) is 0 Å². The van der Waals surface area contributed by atoms with Crippen LogP contribution < -0.4 is 5.32 Å². The number of aromatic nitrogens is 1. The molecule has 0 bridgehead atoms. The zero-order valence-electron chi connectivity index (χ0n) is 11.6. The summed E-state index contributed by atoms with van der Waals surface area (Å²) in [6, 6.07) is 1.42. The number of likely N-dealkylation sites (N-methyl/N-ethyl adjacent to an activating group) is 1. The Balaban J connectivity index is 2.86. The fourth-order valence-electron chi connectivity index (χ4n) is 1.62. The van der Waals surface area contributed by atoms with Crippen molar-refractivity contribution < 1.29 is 9.59 Å². The molecule has 0 aliphatic rings. The zero-order chi connectivity index (χ0) is 15.3. The van der Waals surface area contributed by atoms with E-state index in [1.165, 1.54) is 17.2 Å².